The lowest BCUT2D eigenvalue weighted by Crippen LogP contribution is -2.32. The lowest BCUT2D eigenvalue weighted by atomic mass is 10.0. The molecule has 2 heterocycles. The van der Waals surface area contributed by atoms with Gasteiger partial charge in [-0.1, -0.05) is 0 Å². The molecule has 1 aromatic heterocycles. The third-order valence-corrected chi connectivity index (χ3v) is 5.05. The topological polar surface area (TPSA) is 60.8 Å². The summed E-state index contributed by atoms with van der Waals surface area (Å²) in [6.45, 7) is 6.73. The third kappa shape index (κ3) is 4.52. The van der Waals surface area contributed by atoms with Crippen LogP contribution < -0.4 is 0 Å². The summed E-state index contributed by atoms with van der Waals surface area (Å²) in [6.07, 6.45) is 1.89. The Morgan fingerprint density at radius 1 is 1.14 bits per heavy atom. The number of carbonyl (C=O) groups excluding carboxylic acids is 2. The highest BCUT2D eigenvalue weighted by Crippen LogP contribution is 2.31. The molecule has 1 aromatic carbocycles. The quantitative estimate of drug-likeness (QED) is 0.649. The molecule has 1 aliphatic rings. The summed E-state index contributed by atoms with van der Waals surface area (Å²) in [4.78, 5) is 25.8. The highest BCUT2D eigenvalue weighted by atomic mass is 19.1. The summed E-state index contributed by atoms with van der Waals surface area (Å²) in [6, 6.07) is 4.69. The predicted molar refractivity (Wildman–Crippen MR) is 103 cm³/mol. The number of nitrogens with zero attached hydrogens (tertiary/aromatic N) is 2. The van der Waals surface area contributed by atoms with Gasteiger partial charge in [-0.3, -0.25) is 14.5 Å². The van der Waals surface area contributed by atoms with Crippen LogP contribution in [0.15, 0.2) is 18.2 Å². The van der Waals surface area contributed by atoms with Gasteiger partial charge in [0, 0.05) is 42.5 Å². The van der Waals surface area contributed by atoms with E-state index >= 15 is 0 Å². The molecular weight excluding hydrogens is 363 g/mol. The van der Waals surface area contributed by atoms with Gasteiger partial charge in [-0.15, -0.1) is 0 Å². The smallest absolute Gasteiger partial charge is 0.325 e. The van der Waals surface area contributed by atoms with Crippen LogP contribution in [0, 0.1) is 5.82 Å². The van der Waals surface area contributed by atoms with Crippen LogP contribution in [0.5, 0.6) is 0 Å². The molecule has 0 N–H and O–H groups in total. The fourth-order valence-corrected chi connectivity index (χ4v) is 3.87. The van der Waals surface area contributed by atoms with Gasteiger partial charge in [0.1, 0.15) is 12.4 Å². The van der Waals surface area contributed by atoms with Gasteiger partial charge in [0.15, 0.2) is 0 Å². The molecule has 152 valence electrons. The van der Waals surface area contributed by atoms with E-state index in [1.54, 1.807) is 19.9 Å². The highest BCUT2D eigenvalue weighted by molar-refractivity contribution is 5.87. The molecular formula is C21H27FN2O4. The maximum atomic E-state index is 13.9. The zero-order chi connectivity index (χ0) is 20.1. The van der Waals surface area contributed by atoms with Crippen molar-refractivity contribution in [1.82, 2.24) is 9.47 Å². The summed E-state index contributed by atoms with van der Waals surface area (Å²) >= 11 is 0. The molecule has 0 aliphatic carbocycles. The Hall–Kier alpha value is -2.41. The molecule has 0 bridgehead atoms. The van der Waals surface area contributed by atoms with Crippen molar-refractivity contribution in [3.05, 3.63) is 35.3 Å². The van der Waals surface area contributed by atoms with Gasteiger partial charge in [-0.05, 0) is 50.6 Å². The predicted octanol–water partition coefficient (Wildman–Crippen LogP) is 3.04. The average Bonchev–Trinajstić information content (AvgIpc) is 2.95. The van der Waals surface area contributed by atoms with E-state index in [1.807, 2.05) is 4.57 Å². The lowest BCUT2D eigenvalue weighted by molar-refractivity contribution is -0.144. The molecule has 2 aromatic rings. The van der Waals surface area contributed by atoms with Gasteiger partial charge in [0.2, 0.25) is 0 Å². The molecule has 0 spiro atoms. The summed E-state index contributed by atoms with van der Waals surface area (Å²) in [7, 11) is 0. The summed E-state index contributed by atoms with van der Waals surface area (Å²) in [5.74, 6) is -0.750. The van der Waals surface area contributed by atoms with E-state index < -0.39 is 0 Å². The highest BCUT2D eigenvalue weighted by Gasteiger charge is 2.25. The molecule has 0 atom stereocenters. The molecule has 7 heteroatoms. The van der Waals surface area contributed by atoms with Gasteiger partial charge < -0.3 is 14.0 Å². The van der Waals surface area contributed by atoms with Crippen molar-refractivity contribution in [1.29, 1.82) is 0 Å². The molecule has 6 nitrogen and oxygen atoms in total. The molecule has 0 saturated carbocycles. The second-order valence-electron chi connectivity index (χ2n) is 6.91. The Labute approximate surface area is 164 Å². The number of fused-ring (bicyclic) bond motifs is 3. The summed E-state index contributed by atoms with van der Waals surface area (Å²) < 4.78 is 25.9. The van der Waals surface area contributed by atoms with E-state index in [9.17, 15) is 14.0 Å². The molecule has 1 aliphatic heterocycles. The normalized spacial score (nSPS) is 14.1. The van der Waals surface area contributed by atoms with Crippen LogP contribution in [-0.2, 0) is 38.6 Å². The number of hydrogen-bond donors (Lipinski definition) is 0. The van der Waals surface area contributed by atoms with Crippen molar-refractivity contribution in [2.45, 2.75) is 46.2 Å². The van der Waals surface area contributed by atoms with E-state index in [-0.39, 0.29) is 24.3 Å². The number of aromatic nitrogens is 1. The number of halogens is 1. The van der Waals surface area contributed by atoms with E-state index in [0.29, 0.717) is 26.2 Å². The minimum Gasteiger partial charge on any atom is -0.466 e. The molecule has 0 saturated heterocycles. The Balaban J connectivity index is 1.79. The Bertz CT molecular complexity index is 862. The number of hydrogen-bond acceptors (Lipinski definition) is 5. The second-order valence-corrected chi connectivity index (χ2v) is 6.91. The molecule has 28 heavy (non-hydrogen) atoms. The van der Waals surface area contributed by atoms with Crippen LogP contribution in [0.25, 0.3) is 10.9 Å². The number of benzene rings is 1. The minimum atomic E-state index is -0.289. The second kappa shape index (κ2) is 9.19. The first-order valence-corrected chi connectivity index (χ1v) is 9.86. The zero-order valence-electron chi connectivity index (χ0n) is 16.5. The summed E-state index contributed by atoms with van der Waals surface area (Å²) in [5, 5.41) is 0.842. The van der Waals surface area contributed by atoms with Crippen molar-refractivity contribution < 1.29 is 23.5 Å². The number of rotatable bonds is 8. The maximum Gasteiger partial charge on any atom is 0.325 e. The van der Waals surface area contributed by atoms with Crippen LogP contribution in [-0.4, -0.2) is 47.7 Å². The van der Waals surface area contributed by atoms with E-state index in [2.05, 4.69) is 4.90 Å². The van der Waals surface area contributed by atoms with Crippen molar-refractivity contribution >= 4 is 22.8 Å². The van der Waals surface area contributed by atoms with E-state index in [4.69, 9.17) is 9.47 Å². The van der Waals surface area contributed by atoms with Crippen LogP contribution in [0.1, 0.15) is 37.9 Å². The number of ether oxygens (including phenoxy) is 2. The first-order chi connectivity index (χ1) is 13.5. The molecule has 0 radical (unpaired) electrons. The molecule has 0 fully saturated rings. The van der Waals surface area contributed by atoms with Gasteiger partial charge >= 0.3 is 11.9 Å². The van der Waals surface area contributed by atoms with Crippen molar-refractivity contribution in [3.8, 4) is 0 Å². The van der Waals surface area contributed by atoms with E-state index in [1.165, 1.54) is 12.1 Å². The van der Waals surface area contributed by atoms with Gasteiger partial charge in [-0.25, -0.2) is 4.39 Å². The van der Waals surface area contributed by atoms with Crippen LogP contribution >= 0.6 is 0 Å². The lowest BCUT2D eigenvalue weighted by Gasteiger charge is -2.28. The number of carbonyl (C=O) groups is 2. The minimum absolute atomic E-state index is 0.133. The van der Waals surface area contributed by atoms with Gasteiger partial charge in [-0.2, -0.15) is 0 Å². The van der Waals surface area contributed by atoms with Crippen LogP contribution in [0.2, 0.25) is 0 Å². The van der Waals surface area contributed by atoms with Crippen LogP contribution in [0.3, 0.4) is 0 Å². The monoisotopic (exact) mass is 390 g/mol. The first-order valence-electron chi connectivity index (χ1n) is 9.86. The molecule has 0 unspecified atom stereocenters. The Kier molecular flexibility index (Phi) is 6.67. The third-order valence-electron chi connectivity index (χ3n) is 5.05. The maximum absolute atomic E-state index is 13.9. The Morgan fingerprint density at radius 3 is 2.64 bits per heavy atom. The number of esters is 2. The van der Waals surface area contributed by atoms with Crippen molar-refractivity contribution in [3.63, 3.8) is 0 Å². The fourth-order valence-electron chi connectivity index (χ4n) is 3.87. The Morgan fingerprint density at radius 2 is 1.89 bits per heavy atom. The van der Waals surface area contributed by atoms with Gasteiger partial charge in [0.05, 0.1) is 13.2 Å². The van der Waals surface area contributed by atoms with Crippen LogP contribution in [0.4, 0.5) is 4.39 Å². The zero-order valence-corrected chi connectivity index (χ0v) is 16.5. The molecule has 0 amide bonds. The first kappa shape index (κ1) is 20.3. The van der Waals surface area contributed by atoms with Gasteiger partial charge in [0.25, 0.3) is 0 Å². The summed E-state index contributed by atoms with van der Waals surface area (Å²) in [5.41, 5.74) is 2.98. The standard InChI is InChI=1S/C21H27FN2O4/c1-3-27-20(25)6-5-10-23-11-9-19-17(13-23)16-12-15(22)7-8-18(16)24(19)14-21(26)28-4-2/h7-8,12H,3-6,9-11,13-14H2,1-2H3. The van der Waals surface area contributed by atoms with Crippen molar-refractivity contribution in [2.24, 2.45) is 0 Å². The molecule has 3 rings (SSSR count). The average molecular weight is 390 g/mol. The largest absolute Gasteiger partial charge is 0.466 e. The van der Waals surface area contributed by atoms with Crippen molar-refractivity contribution in [2.75, 3.05) is 26.3 Å². The van der Waals surface area contributed by atoms with E-state index in [0.717, 1.165) is 48.1 Å². The SMILES string of the molecule is CCOC(=O)CCCN1CCc2c(c3cc(F)ccc3n2CC(=O)OCC)C1. The fraction of sp³-hybridized carbons (Fsp3) is 0.524.